The first-order chi connectivity index (χ1) is 17.6. The highest BCUT2D eigenvalue weighted by Gasteiger charge is 2.31. The van der Waals surface area contributed by atoms with Gasteiger partial charge >= 0.3 is 6.18 Å². The number of nitrogens with zero attached hydrogens (tertiary/aromatic N) is 4. The zero-order chi connectivity index (χ0) is 26.3. The van der Waals surface area contributed by atoms with Crippen molar-refractivity contribution in [2.45, 2.75) is 38.8 Å². The largest absolute Gasteiger partial charge is 0.417 e. The third kappa shape index (κ3) is 5.20. The number of fused-ring (bicyclic) bond motifs is 1. The minimum atomic E-state index is -4.51. The van der Waals surface area contributed by atoms with Gasteiger partial charge < -0.3 is 9.88 Å². The maximum atomic E-state index is 13.5. The Balaban J connectivity index is 1.49. The van der Waals surface area contributed by atoms with E-state index in [0.29, 0.717) is 48.6 Å². The summed E-state index contributed by atoms with van der Waals surface area (Å²) in [5, 5.41) is 3.03. The van der Waals surface area contributed by atoms with E-state index < -0.39 is 11.7 Å². The van der Waals surface area contributed by atoms with Crippen LogP contribution in [0.2, 0.25) is 0 Å². The molecule has 0 unspecified atom stereocenters. The molecular formula is C25H24BrF3N6O2. The molecule has 2 N–H and O–H groups in total. The van der Waals surface area contributed by atoms with Crippen LogP contribution in [0.5, 0.6) is 0 Å². The average Bonchev–Trinajstić information content (AvgIpc) is 3.42. The van der Waals surface area contributed by atoms with Gasteiger partial charge in [0.05, 0.1) is 28.0 Å². The SMILES string of the molecule is CC(=O)N1CCC(CCc2c(-c3ccc(C(F)(F)F)cn3)[nH]n(-c3nc4ccc(Br)cc4[nH]3)c2=O)CC1. The van der Waals surface area contributed by atoms with Crippen LogP contribution in [-0.4, -0.2) is 48.6 Å². The fourth-order valence-electron chi connectivity index (χ4n) is 4.73. The number of benzene rings is 1. The Morgan fingerprint density at radius 1 is 1.19 bits per heavy atom. The molecule has 1 aromatic carbocycles. The lowest BCUT2D eigenvalue weighted by molar-refractivity contribution is -0.137. The van der Waals surface area contributed by atoms with Gasteiger partial charge in [-0.15, -0.1) is 0 Å². The van der Waals surface area contributed by atoms with Gasteiger partial charge in [0.2, 0.25) is 11.9 Å². The number of hydrogen-bond donors (Lipinski definition) is 2. The molecule has 1 saturated heterocycles. The zero-order valence-electron chi connectivity index (χ0n) is 19.9. The van der Waals surface area contributed by atoms with Crippen LogP contribution < -0.4 is 5.56 Å². The molecule has 0 atom stereocenters. The van der Waals surface area contributed by atoms with E-state index in [1.54, 1.807) is 13.0 Å². The number of piperidine rings is 1. The third-order valence-electron chi connectivity index (χ3n) is 6.84. The van der Waals surface area contributed by atoms with Crippen LogP contribution in [-0.2, 0) is 17.4 Å². The number of carbonyl (C=O) groups excluding carboxylic acids is 1. The van der Waals surface area contributed by atoms with Crippen LogP contribution in [0, 0.1) is 5.92 Å². The lowest BCUT2D eigenvalue weighted by atomic mass is 9.90. The fraction of sp³-hybridized carbons (Fsp3) is 0.360. The number of alkyl halides is 3. The predicted octanol–water partition coefficient (Wildman–Crippen LogP) is 5.08. The number of likely N-dealkylation sites (tertiary alicyclic amines) is 1. The summed E-state index contributed by atoms with van der Waals surface area (Å²) in [6.07, 6.45) is -0.943. The highest BCUT2D eigenvalue weighted by atomic mass is 79.9. The summed E-state index contributed by atoms with van der Waals surface area (Å²) in [5.41, 5.74) is 1.22. The van der Waals surface area contributed by atoms with E-state index in [2.05, 4.69) is 36.0 Å². The monoisotopic (exact) mass is 576 g/mol. The molecule has 1 aliphatic rings. The topological polar surface area (TPSA) is 99.7 Å². The molecule has 8 nitrogen and oxygen atoms in total. The summed E-state index contributed by atoms with van der Waals surface area (Å²) in [6.45, 7) is 2.92. The quantitative estimate of drug-likeness (QED) is 0.346. The van der Waals surface area contributed by atoms with Gasteiger partial charge in [-0.05, 0) is 61.9 Å². The van der Waals surface area contributed by atoms with Crippen molar-refractivity contribution in [2.75, 3.05) is 13.1 Å². The molecule has 1 aliphatic heterocycles. The molecule has 0 saturated carbocycles. The maximum Gasteiger partial charge on any atom is 0.417 e. The third-order valence-corrected chi connectivity index (χ3v) is 7.33. The number of aromatic nitrogens is 5. The van der Waals surface area contributed by atoms with Crippen molar-refractivity contribution in [3.8, 4) is 17.3 Å². The Hall–Kier alpha value is -3.41. The zero-order valence-corrected chi connectivity index (χ0v) is 21.5. The van der Waals surface area contributed by atoms with Gasteiger partial charge in [-0.25, -0.2) is 4.98 Å². The summed E-state index contributed by atoms with van der Waals surface area (Å²) >= 11 is 3.41. The van der Waals surface area contributed by atoms with Crippen molar-refractivity contribution in [3.63, 3.8) is 0 Å². The summed E-state index contributed by atoms with van der Waals surface area (Å²) in [4.78, 5) is 38.6. The Kier molecular flexibility index (Phi) is 6.69. The number of imidazole rings is 1. The maximum absolute atomic E-state index is 13.5. The normalized spacial score (nSPS) is 15.0. The molecule has 0 spiro atoms. The van der Waals surface area contributed by atoms with Crippen LogP contribution in [0.4, 0.5) is 13.2 Å². The van der Waals surface area contributed by atoms with Gasteiger partial charge in [0, 0.05) is 36.2 Å². The molecule has 37 heavy (non-hydrogen) atoms. The van der Waals surface area contributed by atoms with Crippen LogP contribution in [0.25, 0.3) is 28.4 Å². The molecule has 1 fully saturated rings. The second-order valence-electron chi connectivity index (χ2n) is 9.25. The van der Waals surface area contributed by atoms with E-state index in [4.69, 9.17) is 0 Å². The second kappa shape index (κ2) is 9.81. The Morgan fingerprint density at radius 2 is 1.95 bits per heavy atom. The van der Waals surface area contributed by atoms with E-state index in [1.165, 1.54) is 10.7 Å². The minimum Gasteiger partial charge on any atom is -0.343 e. The molecular weight excluding hydrogens is 553 g/mol. The van der Waals surface area contributed by atoms with Gasteiger partial charge in [0.15, 0.2) is 0 Å². The van der Waals surface area contributed by atoms with Gasteiger partial charge in [-0.1, -0.05) is 15.9 Å². The molecule has 1 amide bonds. The lowest BCUT2D eigenvalue weighted by Crippen LogP contribution is -2.37. The van der Waals surface area contributed by atoms with Crippen LogP contribution in [0.1, 0.15) is 37.3 Å². The Morgan fingerprint density at radius 3 is 2.59 bits per heavy atom. The Bertz CT molecular complexity index is 1500. The van der Waals surface area contributed by atoms with Crippen LogP contribution >= 0.6 is 15.9 Å². The molecule has 0 bridgehead atoms. The van der Waals surface area contributed by atoms with Crippen molar-refractivity contribution in [2.24, 2.45) is 5.92 Å². The molecule has 4 aromatic rings. The highest BCUT2D eigenvalue weighted by molar-refractivity contribution is 9.10. The van der Waals surface area contributed by atoms with Crippen LogP contribution in [0.15, 0.2) is 45.8 Å². The number of pyridine rings is 1. The number of H-pyrrole nitrogens is 2. The molecule has 0 aliphatic carbocycles. The van der Waals surface area contributed by atoms with E-state index in [1.807, 2.05) is 17.0 Å². The standard InChI is InChI=1S/C25H24BrF3N6O2/c1-14(36)34-10-8-15(9-11-34)2-5-18-22(20-6-3-16(13-30-20)25(27,28)29)33-35(23(18)37)24-31-19-7-4-17(26)12-21(19)32-24/h3-4,6-7,12-13,15,33H,2,5,8-11H2,1H3,(H,31,32). The van der Waals surface area contributed by atoms with E-state index in [9.17, 15) is 22.8 Å². The number of halogens is 4. The highest BCUT2D eigenvalue weighted by Crippen LogP contribution is 2.31. The number of amides is 1. The van der Waals surface area contributed by atoms with E-state index in [-0.39, 0.29) is 23.1 Å². The van der Waals surface area contributed by atoms with Crippen molar-refractivity contribution in [1.82, 2.24) is 29.6 Å². The number of nitrogens with one attached hydrogen (secondary N) is 2. The van der Waals surface area contributed by atoms with Crippen molar-refractivity contribution in [1.29, 1.82) is 0 Å². The summed E-state index contributed by atoms with van der Waals surface area (Å²) in [5.74, 6) is 0.656. The van der Waals surface area contributed by atoms with Crippen LogP contribution in [0.3, 0.4) is 0 Å². The molecule has 194 valence electrons. The number of rotatable bonds is 5. The lowest BCUT2D eigenvalue weighted by Gasteiger charge is -2.31. The van der Waals surface area contributed by atoms with Gasteiger partial charge in [-0.2, -0.15) is 17.9 Å². The average molecular weight is 577 g/mol. The molecule has 0 radical (unpaired) electrons. The van der Waals surface area contributed by atoms with Gasteiger partial charge in [0.25, 0.3) is 5.56 Å². The molecule has 3 aromatic heterocycles. The first kappa shape index (κ1) is 25.2. The Labute approximate surface area is 218 Å². The summed E-state index contributed by atoms with van der Waals surface area (Å²) < 4.78 is 41.4. The minimum absolute atomic E-state index is 0.0560. The van der Waals surface area contributed by atoms with Crippen molar-refractivity contribution < 1.29 is 18.0 Å². The number of aromatic amines is 2. The van der Waals surface area contributed by atoms with Gasteiger partial charge in [-0.3, -0.25) is 19.7 Å². The van der Waals surface area contributed by atoms with E-state index >= 15 is 0 Å². The van der Waals surface area contributed by atoms with E-state index in [0.717, 1.165) is 35.1 Å². The second-order valence-corrected chi connectivity index (χ2v) is 10.2. The smallest absolute Gasteiger partial charge is 0.343 e. The summed E-state index contributed by atoms with van der Waals surface area (Å²) in [6, 6.07) is 7.71. The molecule has 5 rings (SSSR count). The number of hydrogen-bond acceptors (Lipinski definition) is 4. The van der Waals surface area contributed by atoms with Crippen molar-refractivity contribution >= 4 is 32.9 Å². The summed E-state index contributed by atoms with van der Waals surface area (Å²) in [7, 11) is 0. The first-order valence-corrected chi connectivity index (χ1v) is 12.7. The molecule has 12 heteroatoms. The first-order valence-electron chi connectivity index (χ1n) is 11.9. The fourth-order valence-corrected chi connectivity index (χ4v) is 5.09. The van der Waals surface area contributed by atoms with Crippen molar-refractivity contribution in [3.05, 3.63) is 62.5 Å². The predicted molar refractivity (Wildman–Crippen MR) is 135 cm³/mol. The number of carbonyl (C=O) groups is 1. The molecule has 4 heterocycles. The van der Waals surface area contributed by atoms with Gasteiger partial charge in [0.1, 0.15) is 0 Å².